The predicted octanol–water partition coefficient (Wildman–Crippen LogP) is 3.57. The van der Waals surface area contributed by atoms with Crippen molar-refractivity contribution in [2.24, 2.45) is 18.4 Å². The summed E-state index contributed by atoms with van der Waals surface area (Å²) in [6.45, 7) is 5.11. The van der Waals surface area contributed by atoms with Crippen molar-refractivity contribution in [1.82, 2.24) is 19.3 Å². The maximum atomic E-state index is 6.37. The minimum absolute atomic E-state index is 0.0585. The molecular weight excluding hydrogens is 272 g/mol. The van der Waals surface area contributed by atoms with E-state index < -0.39 is 0 Å². The first-order chi connectivity index (χ1) is 9.52. The third kappa shape index (κ3) is 1.73. The Kier molecular flexibility index (Phi) is 2.54. The van der Waals surface area contributed by atoms with Gasteiger partial charge in [-0.3, -0.25) is 4.68 Å². The van der Waals surface area contributed by atoms with Crippen LogP contribution in [-0.4, -0.2) is 19.3 Å². The predicted molar refractivity (Wildman–Crippen MR) is 79.9 cm³/mol. The fourth-order valence-corrected chi connectivity index (χ4v) is 3.84. The molecule has 108 valence electrons. The van der Waals surface area contributed by atoms with Crippen LogP contribution in [0.4, 0.5) is 0 Å². The first-order valence-corrected chi connectivity index (χ1v) is 7.99. The van der Waals surface area contributed by atoms with Crippen LogP contribution in [0.3, 0.4) is 0 Å². The molecule has 0 radical (unpaired) electrons. The molecule has 0 spiro atoms. The number of imidazole rings is 1. The maximum absolute atomic E-state index is 6.37. The van der Waals surface area contributed by atoms with Crippen LogP contribution in [0.2, 0.25) is 0 Å². The minimum Gasteiger partial charge on any atom is -0.311 e. The zero-order valence-corrected chi connectivity index (χ0v) is 13.1. The lowest BCUT2D eigenvalue weighted by Gasteiger charge is -2.18. The standard InChI is InChI=1S/C15H21ClN4/c1-9(16)13-17-12-10(2)18-19(3)14(12)20(13)8-15(6-7-15)11-4-5-11/h9,11H,4-8H2,1-3H3. The molecule has 2 aromatic rings. The molecule has 0 aromatic carbocycles. The molecule has 0 amide bonds. The Labute approximate surface area is 124 Å². The van der Waals surface area contributed by atoms with Crippen LogP contribution >= 0.6 is 11.6 Å². The van der Waals surface area contributed by atoms with Gasteiger partial charge in [0.05, 0.1) is 11.1 Å². The molecule has 5 heteroatoms. The normalized spacial score (nSPS) is 22.4. The second kappa shape index (κ2) is 4.00. The summed E-state index contributed by atoms with van der Waals surface area (Å²) in [6, 6.07) is 0. The van der Waals surface area contributed by atoms with E-state index in [1.54, 1.807) is 0 Å². The van der Waals surface area contributed by atoms with Gasteiger partial charge in [0.2, 0.25) is 0 Å². The van der Waals surface area contributed by atoms with Crippen molar-refractivity contribution in [3.8, 4) is 0 Å². The van der Waals surface area contributed by atoms with Gasteiger partial charge in [0, 0.05) is 13.6 Å². The SMILES string of the molecule is Cc1nn(C)c2c1nc(C(C)Cl)n2CC1(C2CC2)CC1. The number of nitrogens with zero attached hydrogens (tertiary/aromatic N) is 4. The molecule has 4 rings (SSSR count). The molecule has 0 bridgehead atoms. The summed E-state index contributed by atoms with van der Waals surface area (Å²) in [4.78, 5) is 4.77. The largest absolute Gasteiger partial charge is 0.311 e. The Morgan fingerprint density at radius 2 is 2.10 bits per heavy atom. The molecule has 4 nitrogen and oxygen atoms in total. The first kappa shape index (κ1) is 12.7. The van der Waals surface area contributed by atoms with Gasteiger partial charge in [-0.2, -0.15) is 5.10 Å². The van der Waals surface area contributed by atoms with Crippen molar-refractivity contribution in [2.75, 3.05) is 0 Å². The second-order valence-electron chi connectivity index (χ2n) is 6.69. The number of rotatable bonds is 4. The zero-order valence-electron chi connectivity index (χ0n) is 12.4. The molecule has 0 saturated heterocycles. The summed E-state index contributed by atoms with van der Waals surface area (Å²) < 4.78 is 4.31. The molecule has 2 saturated carbocycles. The Balaban J connectivity index is 1.84. The third-order valence-electron chi connectivity index (χ3n) is 5.08. The van der Waals surface area contributed by atoms with Gasteiger partial charge < -0.3 is 4.57 Å². The van der Waals surface area contributed by atoms with Crippen molar-refractivity contribution in [3.05, 3.63) is 11.5 Å². The summed E-state index contributed by atoms with van der Waals surface area (Å²) in [5.41, 5.74) is 3.68. The van der Waals surface area contributed by atoms with E-state index in [0.29, 0.717) is 5.41 Å². The number of fused-ring (bicyclic) bond motifs is 1. The van der Waals surface area contributed by atoms with E-state index in [9.17, 15) is 0 Å². The number of aromatic nitrogens is 4. The van der Waals surface area contributed by atoms with Crippen molar-refractivity contribution in [3.63, 3.8) is 0 Å². The van der Waals surface area contributed by atoms with Crippen molar-refractivity contribution < 1.29 is 0 Å². The van der Waals surface area contributed by atoms with Crippen LogP contribution in [-0.2, 0) is 13.6 Å². The quantitative estimate of drug-likeness (QED) is 0.808. The van der Waals surface area contributed by atoms with Gasteiger partial charge in [-0.15, -0.1) is 11.6 Å². The zero-order chi connectivity index (χ0) is 14.1. The second-order valence-corrected chi connectivity index (χ2v) is 7.34. The van der Waals surface area contributed by atoms with Crippen LogP contribution in [0, 0.1) is 18.3 Å². The molecule has 0 N–H and O–H groups in total. The third-order valence-corrected chi connectivity index (χ3v) is 5.28. The highest BCUT2D eigenvalue weighted by Gasteiger charge is 2.54. The van der Waals surface area contributed by atoms with E-state index in [4.69, 9.17) is 16.6 Å². The Morgan fingerprint density at radius 3 is 2.65 bits per heavy atom. The fourth-order valence-electron chi connectivity index (χ4n) is 3.68. The van der Waals surface area contributed by atoms with Gasteiger partial charge in [0.25, 0.3) is 0 Å². The van der Waals surface area contributed by atoms with E-state index in [1.165, 1.54) is 25.7 Å². The maximum Gasteiger partial charge on any atom is 0.158 e. The van der Waals surface area contributed by atoms with Gasteiger partial charge >= 0.3 is 0 Å². The van der Waals surface area contributed by atoms with Gasteiger partial charge in [-0.25, -0.2) is 4.98 Å². The Hall–Kier alpha value is -1.03. The highest BCUT2D eigenvalue weighted by Crippen LogP contribution is 2.62. The molecule has 0 aliphatic heterocycles. The number of halogens is 1. The Morgan fingerprint density at radius 1 is 1.40 bits per heavy atom. The van der Waals surface area contributed by atoms with Crippen LogP contribution in [0.5, 0.6) is 0 Å². The lowest BCUT2D eigenvalue weighted by Crippen LogP contribution is -2.17. The molecule has 1 atom stereocenters. The van der Waals surface area contributed by atoms with E-state index in [-0.39, 0.29) is 5.38 Å². The summed E-state index contributed by atoms with van der Waals surface area (Å²) in [5, 5.41) is 4.45. The molecule has 2 aliphatic rings. The topological polar surface area (TPSA) is 35.6 Å². The average molecular weight is 293 g/mol. The first-order valence-electron chi connectivity index (χ1n) is 7.56. The molecular formula is C15H21ClN4. The van der Waals surface area contributed by atoms with E-state index in [2.05, 4.69) is 9.67 Å². The smallest absolute Gasteiger partial charge is 0.158 e. The monoisotopic (exact) mass is 292 g/mol. The minimum atomic E-state index is -0.0585. The van der Waals surface area contributed by atoms with Crippen molar-refractivity contribution >= 4 is 22.8 Å². The summed E-state index contributed by atoms with van der Waals surface area (Å²) in [6.07, 6.45) is 5.55. The molecule has 1 unspecified atom stereocenters. The number of hydrogen-bond acceptors (Lipinski definition) is 2. The van der Waals surface area contributed by atoms with Gasteiger partial charge in [0.1, 0.15) is 11.3 Å². The Bertz CT molecular complexity index is 674. The molecule has 2 fully saturated rings. The number of hydrogen-bond donors (Lipinski definition) is 0. The van der Waals surface area contributed by atoms with Crippen LogP contribution < -0.4 is 0 Å². The number of aryl methyl sites for hydroxylation is 2. The fraction of sp³-hybridized carbons (Fsp3) is 0.733. The van der Waals surface area contributed by atoms with E-state index >= 15 is 0 Å². The lowest BCUT2D eigenvalue weighted by molar-refractivity contribution is 0.366. The van der Waals surface area contributed by atoms with Gasteiger partial charge in [0.15, 0.2) is 5.65 Å². The van der Waals surface area contributed by atoms with E-state index in [1.807, 2.05) is 25.6 Å². The summed E-state index contributed by atoms with van der Waals surface area (Å²) in [7, 11) is 2.01. The molecule has 2 aromatic heterocycles. The van der Waals surface area contributed by atoms with E-state index in [0.717, 1.165) is 35.1 Å². The van der Waals surface area contributed by atoms with Crippen LogP contribution in [0.25, 0.3) is 11.2 Å². The number of alkyl halides is 1. The molecule has 20 heavy (non-hydrogen) atoms. The van der Waals surface area contributed by atoms with Crippen molar-refractivity contribution in [2.45, 2.75) is 51.5 Å². The summed E-state index contributed by atoms with van der Waals surface area (Å²) in [5.74, 6) is 1.94. The highest BCUT2D eigenvalue weighted by molar-refractivity contribution is 6.20. The molecule has 2 heterocycles. The van der Waals surface area contributed by atoms with Gasteiger partial charge in [-0.1, -0.05) is 0 Å². The van der Waals surface area contributed by atoms with Crippen molar-refractivity contribution in [1.29, 1.82) is 0 Å². The van der Waals surface area contributed by atoms with Crippen LogP contribution in [0.1, 0.15) is 49.5 Å². The molecule has 2 aliphatic carbocycles. The lowest BCUT2D eigenvalue weighted by atomic mass is 10.0. The highest BCUT2D eigenvalue weighted by atomic mass is 35.5. The average Bonchev–Trinajstić information content (AvgIpc) is 3.25. The van der Waals surface area contributed by atoms with Crippen LogP contribution in [0.15, 0.2) is 0 Å². The summed E-state index contributed by atoms with van der Waals surface area (Å²) >= 11 is 6.37. The van der Waals surface area contributed by atoms with Gasteiger partial charge in [-0.05, 0) is 50.9 Å².